The molecule has 1 heterocycles. The molecule has 1 aliphatic rings. The van der Waals surface area contributed by atoms with Crippen molar-refractivity contribution in [2.24, 2.45) is 0 Å². The molecule has 3 aromatic rings. The number of hydrogen-bond acceptors (Lipinski definition) is 3. The van der Waals surface area contributed by atoms with E-state index >= 15 is 0 Å². The number of benzene rings is 2. The van der Waals surface area contributed by atoms with Gasteiger partial charge in [0.15, 0.2) is 0 Å². The third-order valence-corrected chi connectivity index (χ3v) is 5.74. The van der Waals surface area contributed by atoms with E-state index < -0.39 is 0 Å². The van der Waals surface area contributed by atoms with Crippen LogP contribution in [0.2, 0.25) is 5.02 Å². The van der Waals surface area contributed by atoms with Gasteiger partial charge >= 0.3 is 0 Å². The summed E-state index contributed by atoms with van der Waals surface area (Å²) in [5, 5.41) is 4.06. The summed E-state index contributed by atoms with van der Waals surface area (Å²) in [7, 11) is 3.21. The summed E-state index contributed by atoms with van der Waals surface area (Å²) in [6, 6.07) is 15.3. The van der Waals surface area contributed by atoms with Crippen molar-refractivity contribution in [2.45, 2.75) is 12.8 Å². The van der Waals surface area contributed by atoms with E-state index in [9.17, 15) is 9.59 Å². The number of hydrogen-bond donors (Lipinski definition) is 1. The van der Waals surface area contributed by atoms with Crippen LogP contribution in [0.3, 0.4) is 0 Å². The topological polar surface area (TPSA) is 62.3 Å². The maximum atomic E-state index is 13.4. The second kappa shape index (κ2) is 8.28. The number of amides is 2. The molecule has 2 aromatic carbocycles. The summed E-state index contributed by atoms with van der Waals surface area (Å²) in [6.07, 6.45) is 3.56. The first kappa shape index (κ1) is 20.1. The summed E-state index contributed by atoms with van der Waals surface area (Å²) >= 11 is 6.35. The maximum absolute atomic E-state index is 13.4. The third kappa shape index (κ3) is 3.68. The van der Waals surface area contributed by atoms with Crippen LogP contribution in [0.15, 0.2) is 48.5 Å². The van der Waals surface area contributed by atoms with E-state index in [0.29, 0.717) is 10.6 Å². The van der Waals surface area contributed by atoms with E-state index in [1.54, 1.807) is 14.1 Å². The SMILES string of the molecule is CNC(=O)CN(C)C(=O)c1c2c(nc3ccccc13)C(=Cc1ccccc1Cl)CC2. The van der Waals surface area contributed by atoms with Gasteiger partial charge in [-0.05, 0) is 47.8 Å². The summed E-state index contributed by atoms with van der Waals surface area (Å²) in [4.78, 5) is 31.5. The van der Waals surface area contributed by atoms with Gasteiger partial charge in [0.05, 0.1) is 23.3 Å². The van der Waals surface area contributed by atoms with Gasteiger partial charge in [0.2, 0.25) is 5.91 Å². The van der Waals surface area contributed by atoms with Crippen molar-refractivity contribution in [3.05, 3.63) is 75.9 Å². The first-order valence-corrected chi connectivity index (χ1v) is 10.2. The quantitative estimate of drug-likeness (QED) is 0.689. The molecule has 0 atom stereocenters. The normalized spacial score (nSPS) is 14.0. The highest BCUT2D eigenvalue weighted by Gasteiger charge is 2.28. The average Bonchev–Trinajstić information content (AvgIpc) is 3.15. The molecule has 0 fully saturated rings. The Hall–Kier alpha value is -3.18. The minimum absolute atomic E-state index is 0.00305. The van der Waals surface area contributed by atoms with E-state index in [-0.39, 0.29) is 18.4 Å². The van der Waals surface area contributed by atoms with Crippen LogP contribution in [0.25, 0.3) is 22.6 Å². The summed E-state index contributed by atoms with van der Waals surface area (Å²) in [5.41, 5.74) is 5.16. The number of likely N-dealkylation sites (N-methyl/N-ethyl adjacent to an activating group) is 2. The fourth-order valence-electron chi connectivity index (χ4n) is 3.86. The van der Waals surface area contributed by atoms with Crippen LogP contribution in [0.1, 0.15) is 33.6 Å². The number of fused-ring (bicyclic) bond motifs is 2. The zero-order chi connectivity index (χ0) is 21.3. The van der Waals surface area contributed by atoms with Gasteiger partial charge in [0.1, 0.15) is 0 Å². The van der Waals surface area contributed by atoms with Crippen LogP contribution < -0.4 is 5.32 Å². The van der Waals surface area contributed by atoms with Crippen LogP contribution in [0.5, 0.6) is 0 Å². The maximum Gasteiger partial charge on any atom is 0.255 e. The van der Waals surface area contributed by atoms with Crippen LogP contribution >= 0.6 is 11.6 Å². The van der Waals surface area contributed by atoms with Crippen LogP contribution in [0.4, 0.5) is 0 Å². The molecule has 5 nitrogen and oxygen atoms in total. The second-order valence-corrected chi connectivity index (χ2v) is 7.76. The molecule has 0 saturated carbocycles. The standard InChI is InChI=1S/C24H22ClN3O2/c1-26-21(29)14-28(2)24(30)22-17-8-4-6-10-20(17)27-23-16(11-12-18(22)23)13-15-7-3-5-9-19(15)25/h3-10,13H,11-12,14H2,1-2H3,(H,26,29). The van der Waals surface area contributed by atoms with Crippen LogP contribution in [-0.4, -0.2) is 42.3 Å². The summed E-state index contributed by atoms with van der Waals surface area (Å²) in [6.45, 7) is 0.00305. The average molecular weight is 420 g/mol. The Bertz CT molecular complexity index is 1190. The Balaban J connectivity index is 1.85. The van der Waals surface area contributed by atoms with Crippen LogP contribution in [0, 0.1) is 0 Å². The molecule has 0 unspecified atom stereocenters. The molecule has 152 valence electrons. The van der Waals surface area contributed by atoms with Crippen molar-refractivity contribution >= 4 is 46.0 Å². The fraction of sp³-hybridized carbons (Fsp3) is 0.208. The van der Waals surface area contributed by atoms with E-state index in [2.05, 4.69) is 11.4 Å². The first-order valence-electron chi connectivity index (χ1n) is 9.82. The first-order chi connectivity index (χ1) is 14.5. The molecule has 1 aliphatic carbocycles. The van der Waals surface area contributed by atoms with E-state index in [1.165, 1.54) is 4.90 Å². The molecule has 1 aromatic heterocycles. The van der Waals surface area contributed by atoms with Gasteiger partial charge in [-0.3, -0.25) is 9.59 Å². The van der Waals surface area contributed by atoms with Crippen molar-refractivity contribution in [3.63, 3.8) is 0 Å². The van der Waals surface area contributed by atoms with Gasteiger partial charge in [0, 0.05) is 24.5 Å². The highest BCUT2D eigenvalue weighted by atomic mass is 35.5. The van der Waals surface area contributed by atoms with E-state index in [1.807, 2.05) is 48.5 Å². The largest absolute Gasteiger partial charge is 0.358 e. The molecule has 6 heteroatoms. The van der Waals surface area contributed by atoms with Gasteiger partial charge in [0.25, 0.3) is 5.91 Å². The highest BCUT2D eigenvalue weighted by Crippen LogP contribution is 2.38. The number of pyridine rings is 1. The van der Waals surface area contributed by atoms with Crippen molar-refractivity contribution in [1.29, 1.82) is 0 Å². The number of rotatable bonds is 4. The lowest BCUT2D eigenvalue weighted by Crippen LogP contribution is -2.37. The molecule has 0 radical (unpaired) electrons. The van der Waals surface area contributed by atoms with Gasteiger partial charge < -0.3 is 10.2 Å². The molecule has 0 bridgehead atoms. The predicted molar refractivity (Wildman–Crippen MR) is 120 cm³/mol. The number of carbonyl (C=O) groups excluding carboxylic acids is 2. The monoisotopic (exact) mass is 419 g/mol. The third-order valence-electron chi connectivity index (χ3n) is 5.40. The van der Waals surface area contributed by atoms with E-state index in [0.717, 1.165) is 46.1 Å². The molecule has 1 N–H and O–H groups in total. The predicted octanol–water partition coefficient (Wildman–Crippen LogP) is 4.19. The Labute approximate surface area is 180 Å². The Morgan fingerprint density at radius 3 is 2.63 bits per heavy atom. The lowest BCUT2D eigenvalue weighted by molar-refractivity contribution is -0.121. The summed E-state index contributed by atoms with van der Waals surface area (Å²) < 4.78 is 0. The molecule has 0 spiro atoms. The molecule has 0 saturated heterocycles. The van der Waals surface area contributed by atoms with Crippen molar-refractivity contribution < 1.29 is 9.59 Å². The number of halogens is 1. The van der Waals surface area contributed by atoms with Crippen molar-refractivity contribution in [2.75, 3.05) is 20.6 Å². The van der Waals surface area contributed by atoms with Gasteiger partial charge in [-0.1, -0.05) is 48.0 Å². The smallest absolute Gasteiger partial charge is 0.255 e. The fourth-order valence-corrected chi connectivity index (χ4v) is 4.05. The molecule has 4 rings (SSSR count). The highest BCUT2D eigenvalue weighted by molar-refractivity contribution is 6.32. The second-order valence-electron chi connectivity index (χ2n) is 7.36. The van der Waals surface area contributed by atoms with Crippen LogP contribution in [-0.2, 0) is 11.2 Å². The van der Waals surface area contributed by atoms with E-state index in [4.69, 9.17) is 16.6 Å². The summed E-state index contributed by atoms with van der Waals surface area (Å²) in [5.74, 6) is -0.382. The Kier molecular flexibility index (Phi) is 5.55. The van der Waals surface area contributed by atoms with Gasteiger partial charge in [-0.2, -0.15) is 0 Å². The Morgan fingerprint density at radius 2 is 1.87 bits per heavy atom. The molecule has 0 aliphatic heterocycles. The van der Waals surface area contributed by atoms with Crippen molar-refractivity contribution in [3.8, 4) is 0 Å². The number of para-hydroxylation sites is 1. The molecular weight excluding hydrogens is 398 g/mol. The lowest BCUT2D eigenvalue weighted by atomic mass is 9.99. The zero-order valence-electron chi connectivity index (χ0n) is 16.9. The minimum atomic E-state index is -0.208. The van der Waals surface area contributed by atoms with Gasteiger partial charge in [-0.15, -0.1) is 0 Å². The number of nitrogens with one attached hydrogen (secondary N) is 1. The number of aromatic nitrogens is 1. The molecule has 2 amide bonds. The number of carbonyl (C=O) groups is 2. The number of allylic oxidation sites excluding steroid dienone is 1. The lowest BCUT2D eigenvalue weighted by Gasteiger charge is -2.19. The van der Waals surface area contributed by atoms with Crippen molar-refractivity contribution in [1.82, 2.24) is 15.2 Å². The molecular formula is C24H22ClN3O2. The zero-order valence-corrected chi connectivity index (χ0v) is 17.7. The number of nitrogens with zero attached hydrogens (tertiary/aromatic N) is 2. The Morgan fingerprint density at radius 1 is 1.13 bits per heavy atom. The minimum Gasteiger partial charge on any atom is -0.358 e. The van der Waals surface area contributed by atoms with Gasteiger partial charge in [-0.25, -0.2) is 4.98 Å². The molecule has 30 heavy (non-hydrogen) atoms.